The summed E-state index contributed by atoms with van der Waals surface area (Å²) in [4.78, 5) is 28.6. The normalized spacial score (nSPS) is 17.9. The van der Waals surface area contributed by atoms with Gasteiger partial charge in [-0.1, -0.05) is 54.6 Å². The number of nitrogens with one attached hydrogen (secondary N) is 1. The first-order valence-electron chi connectivity index (χ1n) is 13.4. The first-order chi connectivity index (χ1) is 19.6. The number of para-hydroxylation sites is 1. The van der Waals surface area contributed by atoms with Crippen LogP contribution in [0.5, 0.6) is 11.5 Å². The molecule has 1 atom stereocenters. The second kappa shape index (κ2) is 10.1. The molecule has 3 heterocycles. The molecule has 0 radical (unpaired) electrons. The fourth-order valence-electron chi connectivity index (χ4n) is 5.28. The number of hydrogen-bond donors (Lipinski definition) is 1. The number of amides is 2. The predicted molar refractivity (Wildman–Crippen MR) is 154 cm³/mol. The fourth-order valence-corrected chi connectivity index (χ4v) is 6.47. The molecule has 1 aliphatic carbocycles. The van der Waals surface area contributed by atoms with E-state index in [-0.39, 0.29) is 42.2 Å². The van der Waals surface area contributed by atoms with Crippen molar-refractivity contribution in [1.82, 2.24) is 15.1 Å². The van der Waals surface area contributed by atoms with Gasteiger partial charge in [0.25, 0.3) is 0 Å². The first kappa shape index (κ1) is 24.8. The largest absolute Gasteiger partial charge is 0.454 e. The summed E-state index contributed by atoms with van der Waals surface area (Å²) in [7, 11) is 0. The Balaban J connectivity index is 1.47. The standard InChI is InChI=1S/C31H28N4O4S/c1-19-7-5-6-10-23(19)35-31-28(29(33-35)20-8-3-2-4-9-20)30(21-11-14-24-25(15-21)39-18-38-24)40-17-27(37)34(31)16-26(36)32-22-12-13-22/h2-11,14-15,22,30H,12-13,16-18H2,1H3,(H,32,36)/t30-/m0/s1. The number of rotatable bonds is 6. The molecule has 3 aliphatic rings. The average Bonchev–Trinajstić information content (AvgIpc) is 3.55. The zero-order valence-corrected chi connectivity index (χ0v) is 22.8. The highest BCUT2D eigenvalue weighted by atomic mass is 32.2. The molecule has 0 spiro atoms. The third-order valence-electron chi connectivity index (χ3n) is 7.42. The molecule has 3 aromatic carbocycles. The second-order valence-corrected chi connectivity index (χ2v) is 11.4. The first-order valence-corrected chi connectivity index (χ1v) is 14.5. The minimum Gasteiger partial charge on any atom is -0.454 e. The number of carbonyl (C=O) groups excluding carboxylic acids is 2. The fraction of sp³-hybridized carbons (Fsp3) is 0.258. The summed E-state index contributed by atoms with van der Waals surface area (Å²) in [5.41, 5.74) is 5.46. The Labute approximate surface area is 236 Å². The Morgan fingerprint density at radius 1 is 1.02 bits per heavy atom. The molecular weight excluding hydrogens is 524 g/mol. The molecule has 8 nitrogen and oxygen atoms in total. The number of aromatic nitrogens is 2. The van der Waals surface area contributed by atoms with Crippen LogP contribution in [0.15, 0.2) is 72.8 Å². The van der Waals surface area contributed by atoms with Crippen LogP contribution in [0.2, 0.25) is 0 Å². The Kier molecular flexibility index (Phi) is 6.23. The number of carbonyl (C=O) groups is 2. The van der Waals surface area contributed by atoms with Gasteiger partial charge in [0.15, 0.2) is 11.5 Å². The van der Waals surface area contributed by atoms with Gasteiger partial charge in [-0.15, -0.1) is 11.8 Å². The minimum absolute atomic E-state index is 0.0669. The lowest BCUT2D eigenvalue weighted by molar-refractivity contribution is -0.123. The lowest BCUT2D eigenvalue weighted by atomic mass is 9.99. The van der Waals surface area contributed by atoms with E-state index in [0.717, 1.165) is 46.5 Å². The monoisotopic (exact) mass is 552 g/mol. The molecule has 1 fully saturated rings. The summed E-state index contributed by atoms with van der Waals surface area (Å²) in [6.45, 7) is 2.14. The number of nitrogens with zero attached hydrogens (tertiary/aromatic N) is 3. The van der Waals surface area contributed by atoms with E-state index >= 15 is 0 Å². The topological polar surface area (TPSA) is 85.7 Å². The van der Waals surface area contributed by atoms with Gasteiger partial charge < -0.3 is 14.8 Å². The smallest absolute Gasteiger partial charge is 0.240 e. The molecule has 40 heavy (non-hydrogen) atoms. The van der Waals surface area contributed by atoms with Gasteiger partial charge in [0.1, 0.15) is 12.4 Å². The number of fused-ring (bicyclic) bond motifs is 2. The number of thioether (sulfide) groups is 1. The summed E-state index contributed by atoms with van der Waals surface area (Å²) in [5.74, 6) is 1.94. The van der Waals surface area contributed by atoms with E-state index in [1.165, 1.54) is 11.8 Å². The predicted octanol–water partition coefficient (Wildman–Crippen LogP) is 5.02. The molecule has 202 valence electrons. The Hall–Kier alpha value is -4.24. The molecule has 7 rings (SSSR count). The van der Waals surface area contributed by atoms with Crippen molar-refractivity contribution in [3.05, 3.63) is 89.5 Å². The summed E-state index contributed by atoms with van der Waals surface area (Å²) in [5, 5.41) is 7.99. The molecule has 1 N–H and O–H groups in total. The van der Waals surface area contributed by atoms with Gasteiger partial charge in [0.2, 0.25) is 18.6 Å². The van der Waals surface area contributed by atoms with Crippen molar-refractivity contribution in [3.8, 4) is 28.4 Å². The van der Waals surface area contributed by atoms with Gasteiger partial charge in [-0.25, -0.2) is 4.68 Å². The van der Waals surface area contributed by atoms with Crippen molar-refractivity contribution >= 4 is 29.4 Å². The van der Waals surface area contributed by atoms with Crippen molar-refractivity contribution in [1.29, 1.82) is 0 Å². The van der Waals surface area contributed by atoms with Crippen molar-refractivity contribution < 1.29 is 19.1 Å². The van der Waals surface area contributed by atoms with Crippen LogP contribution in [-0.2, 0) is 9.59 Å². The van der Waals surface area contributed by atoms with Crippen LogP contribution in [0.4, 0.5) is 5.82 Å². The molecule has 0 unspecified atom stereocenters. The minimum atomic E-state index is -0.238. The Bertz CT molecular complexity index is 1620. The second-order valence-electron chi connectivity index (χ2n) is 10.3. The molecule has 4 aromatic rings. The maximum absolute atomic E-state index is 13.8. The quantitative estimate of drug-likeness (QED) is 0.361. The van der Waals surface area contributed by atoms with E-state index in [1.807, 2.05) is 84.4 Å². The molecule has 2 amide bonds. The summed E-state index contributed by atoms with van der Waals surface area (Å²) in [6.07, 6.45) is 1.96. The number of hydrogen-bond acceptors (Lipinski definition) is 6. The van der Waals surface area contributed by atoms with E-state index in [0.29, 0.717) is 17.3 Å². The van der Waals surface area contributed by atoms with Crippen LogP contribution in [0, 0.1) is 6.92 Å². The van der Waals surface area contributed by atoms with Crippen LogP contribution in [-0.4, -0.2) is 46.7 Å². The molecule has 1 saturated carbocycles. The number of benzene rings is 3. The van der Waals surface area contributed by atoms with E-state index in [9.17, 15) is 9.59 Å². The molecular formula is C31H28N4O4S. The summed E-state index contributed by atoms with van der Waals surface area (Å²) >= 11 is 1.54. The molecule has 1 aromatic heterocycles. The van der Waals surface area contributed by atoms with E-state index in [1.54, 1.807) is 4.90 Å². The van der Waals surface area contributed by atoms with Gasteiger partial charge in [-0.3, -0.25) is 14.5 Å². The number of ether oxygens (including phenoxy) is 2. The lowest BCUT2D eigenvalue weighted by Crippen LogP contribution is -2.43. The van der Waals surface area contributed by atoms with E-state index in [4.69, 9.17) is 14.6 Å². The van der Waals surface area contributed by atoms with Gasteiger partial charge >= 0.3 is 0 Å². The lowest BCUT2D eigenvalue weighted by Gasteiger charge is -2.23. The maximum atomic E-state index is 13.8. The van der Waals surface area contributed by atoms with Gasteiger partial charge in [-0.2, -0.15) is 5.10 Å². The van der Waals surface area contributed by atoms with Crippen molar-refractivity contribution in [2.75, 3.05) is 24.0 Å². The highest BCUT2D eigenvalue weighted by molar-refractivity contribution is 8.00. The van der Waals surface area contributed by atoms with Crippen LogP contribution in [0.25, 0.3) is 16.9 Å². The highest BCUT2D eigenvalue weighted by Crippen LogP contribution is 2.50. The average molecular weight is 553 g/mol. The number of anilines is 1. The van der Waals surface area contributed by atoms with Gasteiger partial charge in [-0.05, 0) is 49.1 Å². The summed E-state index contributed by atoms with van der Waals surface area (Å²) in [6, 6.07) is 24.1. The van der Waals surface area contributed by atoms with Crippen LogP contribution in [0.3, 0.4) is 0 Å². The number of aryl methyl sites for hydroxylation is 1. The zero-order chi connectivity index (χ0) is 27.2. The SMILES string of the molecule is Cc1ccccc1-n1nc(-c2ccccc2)c2c1N(CC(=O)NC1CC1)C(=O)CS[C@H]2c1ccc2c(c1)OCO2. The third-order valence-corrected chi connectivity index (χ3v) is 8.68. The van der Waals surface area contributed by atoms with Crippen molar-refractivity contribution in [2.24, 2.45) is 0 Å². The molecule has 0 bridgehead atoms. The Morgan fingerprint density at radius 3 is 2.60 bits per heavy atom. The van der Waals surface area contributed by atoms with Crippen molar-refractivity contribution in [3.63, 3.8) is 0 Å². The van der Waals surface area contributed by atoms with Crippen LogP contribution < -0.4 is 19.7 Å². The van der Waals surface area contributed by atoms with Gasteiger partial charge in [0.05, 0.1) is 22.4 Å². The third kappa shape index (κ3) is 4.50. The van der Waals surface area contributed by atoms with Crippen LogP contribution >= 0.6 is 11.8 Å². The summed E-state index contributed by atoms with van der Waals surface area (Å²) < 4.78 is 13.1. The molecule has 9 heteroatoms. The van der Waals surface area contributed by atoms with Crippen LogP contribution in [0.1, 0.15) is 34.8 Å². The molecule has 0 saturated heterocycles. The molecule has 2 aliphatic heterocycles. The van der Waals surface area contributed by atoms with E-state index in [2.05, 4.69) is 5.32 Å². The maximum Gasteiger partial charge on any atom is 0.240 e. The van der Waals surface area contributed by atoms with Crippen molar-refractivity contribution in [2.45, 2.75) is 31.1 Å². The highest BCUT2D eigenvalue weighted by Gasteiger charge is 2.38. The Morgan fingerprint density at radius 2 is 1.80 bits per heavy atom. The van der Waals surface area contributed by atoms with Gasteiger partial charge in [0, 0.05) is 17.2 Å². The zero-order valence-electron chi connectivity index (χ0n) is 22.0. The van der Waals surface area contributed by atoms with E-state index < -0.39 is 0 Å².